The van der Waals surface area contributed by atoms with Crippen molar-refractivity contribution in [1.29, 1.82) is 0 Å². The second kappa shape index (κ2) is 7.02. The predicted molar refractivity (Wildman–Crippen MR) is 82.8 cm³/mol. The number of aryl methyl sites for hydroxylation is 1. The van der Waals surface area contributed by atoms with E-state index in [1.54, 1.807) is 18.6 Å². The molecule has 0 aliphatic carbocycles. The van der Waals surface area contributed by atoms with Crippen LogP contribution >= 0.6 is 0 Å². The molecule has 1 N–H and O–H groups in total. The molecule has 0 aliphatic rings. The first kappa shape index (κ1) is 16.6. The summed E-state index contributed by atoms with van der Waals surface area (Å²) < 4.78 is 38.6. The van der Waals surface area contributed by atoms with Crippen molar-refractivity contribution < 1.29 is 12.8 Å². The van der Waals surface area contributed by atoms with Crippen molar-refractivity contribution >= 4 is 9.84 Å². The monoisotopic (exact) mass is 325 g/mol. The van der Waals surface area contributed by atoms with E-state index in [1.807, 2.05) is 17.7 Å². The Hall–Kier alpha value is -1.73. The van der Waals surface area contributed by atoms with Gasteiger partial charge < -0.3 is 9.88 Å². The number of aromatic nitrogens is 2. The lowest BCUT2D eigenvalue weighted by Gasteiger charge is -2.15. The Morgan fingerprint density at radius 3 is 2.77 bits per heavy atom. The second-order valence-corrected chi connectivity index (χ2v) is 7.28. The van der Waals surface area contributed by atoms with Crippen LogP contribution in [0.3, 0.4) is 0 Å². The first-order valence-electron chi connectivity index (χ1n) is 7.06. The molecule has 2 aromatic rings. The van der Waals surface area contributed by atoms with E-state index >= 15 is 0 Å². The highest BCUT2D eigenvalue weighted by molar-refractivity contribution is 7.90. The topological polar surface area (TPSA) is 64.0 Å². The zero-order valence-electron chi connectivity index (χ0n) is 12.7. The molecule has 1 aromatic carbocycles. The lowest BCUT2D eigenvalue weighted by Crippen LogP contribution is -2.21. The van der Waals surface area contributed by atoms with Crippen molar-refractivity contribution in [3.63, 3.8) is 0 Å². The van der Waals surface area contributed by atoms with Crippen LogP contribution in [0.25, 0.3) is 0 Å². The van der Waals surface area contributed by atoms with Crippen LogP contribution in [0.2, 0.25) is 0 Å². The zero-order chi connectivity index (χ0) is 16.2. The molecule has 0 aliphatic heterocycles. The van der Waals surface area contributed by atoms with E-state index in [0.717, 1.165) is 31.3 Å². The highest BCUT2D eigenvalue weighted by Gasteiger charge is 2.15. The van der Waals surface area contributed by atoms with Gasteiger partial charge in [0.1, 0.15) is 10.7 Å². The van der Waals surface area contributed by atoms with E-state index in [1.165, 1.54) is 12.1 Å². The minimum atomic E-state index is -3.53. The molecule has 0 spiro atoms. The molecule has 5 nitrogen and oxygen atoms in total. The summed E-state index contributed by atoms with van der Waals surface area (Å²) in [7, 11) is -3.53. The molecule has 0 bridgehead atoms. The largest absolute Gasteiger partial charge is 0.337 e. The zero-order valence-corrected chi connectivity index (χ0v) is 13.5. The van der Waals surface area contributed by atoms with Crippen molar-refractivity contribution in [1.82, 2.24) is 14.9 Å². The van der Waals surface area contributed by atoms with Gasteiger partial charge in [0.25, 0.3) is 0 Å². The SMILES string of the molecule is C[C@H](NCCCn1ccnc1)c1ccc(S(C)(=O)=O)c(F)c1. The Balaban J connectivity index is 1.89. The number of nitrogens with one attached hydrogen (secondary N) is 1. The summed E-state index contributed by atoms with van der Waals surface area (Å²) in [6.07, 6.45) is 7.33. The van der Waals surface area contributed by atoms with Crippen LogP contribution in [0.4, 0.5) is 4.39 Å². The molecule has 7 heteroatoms. The normalized spacial score (nSPS) is 13.2. The van der Waals surface area contributed by atoms with Crippen molar-refractivity contribution in [2.75, 3.05) is 12.8 Å². The van der Waals surface area contributed by atoms with Gasteiger partial charge in [-0.05, 0) is 37.6 Å². The third-order valence-corrected chi connectivity index (χ3v) is 4.59. The summed E-state index contributed by atoms with van der Waals surface area (Å²) in [5.41, 5.74) is 0.729. The molecule has 0 amide bonds. The van der Waals surface area contributed by atoms with Crippen LogP contribution in [-0.2, 0) is 16.4 Å². The van der Waals surface area contributed by atoms with Gasteiger partial charge in [0.05, 0.1) is 6.33 Å². The van der Waals surface area contributed by atoms with Crippen molar-refractivity contribution in [3.05, 3.63) is 48.3 Å². The van der Waals surface area contributed by atoms with E-state index in [9.17, 15) is 12.8 Å². The molecule has 2 rings (SSSR count). The van der Waals surface area contributed by atoms with Crippen LogP contribution in [-0.4, -0.2) is 30.8 Å². The summed E-state index contributed by atoms with van der Waals surface area (Å²) in [4.78, 5) is 3.71. The highest BCUT2D eigenvalue weighted by atomic mass is 32.2. The van der Waals surface area contributed by atoms with Crippen molar-refractivity contribution in [2.45, 2.75) is 30.8 Å². The summed E-state index contributed by atoms with van der Waals surface area (Å²) in [6, 6.07) is 4.20. The maximum absolute atomic E-state index is 13.9. The molecule has 0 saturated heterocycles. The lowest BCUT2D eigenvalue weighted by molar-refractivity contribution is 0.520. The van der Waals surface area contributed by atoms with Gasteiger partial charge in [-0.3, -0.25) is 0 Å². The number of nitrogens with zero attached hydrogens (tertiary/aromatic N) is 2. The average molecular weight is 325 g/mol. The molecule has 0 radical (unpaired) electrons. The van der Waals surface area contributed by atoms with Crippen molar-refractivity contribution in [2.24, 2.45) is 0 Å². The van der Waals surface area contributed by atoms with Gasteiger partial charge >= 0.3 is 0 Å². The van der Waals surface area contributed by atoms with Crippen LogP contribution < -0.4 is 5.32 Å². The van der Waals surface area contributed by atoms with Crippen LogP contribution in [0.5, 0.6) is 0 Å². The minimum absolute atomic E-state index is 0.0501. The molecule has 22 heavy (non-hydrogen) atoms. The van der Waals surface area contributed by atoms with E-state index in [2.05, 4.69) is 10.3 Å². The first-order chi connectivity index (χ1) is 10.4. The van der Waals surface area contributed by atoms with Crippen LogP contribution in [0.15, 0.2) is 41.8 Å². The number of benzene rings is 1. The van der Waals surface area contributed by atoms with E-state index in [4.69, 9.17) is 0 Å². The quantitative estimate of drug-likeness (QED) is 0.793. The summed E-state index contributed by atoms with van der Waals surface area (Å²) in [5.74, 6) is -0.702. The standard InChI is InChI=1S/C15H20FN3O2S/c1-12(18-6-3-8-19-9-7-17-11-19)13-4-5-15(14(16)10-13)22(2,20)21/h4-5,7,9-12,18H,3,6,8H2,1-2H3/t12-/m0/s1. The van der Waals surface area contributed by atoms with Crippen LogP contribution in [0.1, 0.15) is 24.9 Å². The van der Waals surface area contributed by atoms with Crippen molar-refractivity contribution in [3.8, 4) is 0 Å². The third-order valence-electron chi connectivity index (χ3n) is 3.46. The third kappa shape index (κ3) is 4.38. The summed E-state index contributed by atoms with van der Waals surface area (Å²) >= 11 is 0. The van der Waals surface area contributed by atoms with Gasteiger partial charge in [-0.15, -0.1) is 0 Å². The molecular formula is C15H20FN3O2S. The molecule has 0 fully saturated rings. The Morgan fingerprint density at radius 1 is 1.41 bits per heavy atom. The van der Waals surface area contributed by atoms with E-state index in [0.29, 0.717) is 0 Å². The van der Waals surface area contributed by atoms with Gasteiger partial charge in [-0.1, -0.05) is 6.07 Å². The predicted octanol–water partition coefficient (Wildman–Crippen LogP) is 2.17. The number of sulfone groups is 1. The molecule has 0 unspecified atom stereocenters. The number of hydrogen-bond donors (Lipinski definition) is 1. The average Bonchev–Trinajstić information content (AvgIpc) is 2.95. The maximum Gasteiger partial charge on any atom is 0.178 e. The Morgan fingerprint density at radius 2 is 2.18 bits per heavy atom. The van der Waals surface area contributed by atoms with Gasteiger partial charge in [0.2, 0.25) is 0 Å². The molecule has 1 aromatic heterocycles. The van der Waals surface area contributed by atoms with Gasteiger partial charge in [-0.2, -0.15) is 0 Å². The summed E-state index contributed by atoms with van der Waals surface area (Å²) in [6.45, 7) is 3.56. The van der Waals surface area contributed by atoms with Gasteiger partial charge in [-0.25, -0.2) is 17.8 Å². The smallest absolute Gasteiger partial charge is 0.178 e. The number of halogens is 1. The fourth-order valence-electron chi connectivity index (χ4n) is 2.20. The van der Waals surface area contributed by atoms with Crippen LogP contribution in [0, 0.1) is 5.82 Å². The molecule has 120 valence electrons. The number of rotatable bonds is 7. The molecular weight excluding hydrogens is 305 g/mol. The summed E-state index contributed by atoms with van der Waals surface area (Å²) in [5, 5.41) is 3.30. The fraction of sp³-hybridized carbons (Fsp3) is 0.400. The number of imidazole rings is 1. The minimum Gasteiger partial charge on any atom is -0.337 e. The number of hydrogen-bond acceptors (Lipinski definition) is 4. The maximum atomic E-state index is 13.9. The lowest BCUT2D eigenvalue weighted by atomic mass is 10.1. The Bertz CT molecular complexity index is 714. The fourth-order valence-corrected chi connectivity index (χ4v) is 2.93. The van der Waals surface area contributed by atoms with Gasteiger partial charge in [0.15, 0.2) is 9.84 Å². The Labute approximate surface area is 130 Å². The first-order valence-corrected chi connectivity index (χ1v) is 8.95. The molecule has 0 saturated carbocycles. The second-order valence-electron chi connectivity index (χ2n) is 5.29. The molecule has 1 heterocycles. The molecule has 1 atom stereocenters. The van der Waals surface area contributed by atoms with E-state index in [-0.39, 0.29) is 10.9 Å². The Kier molecular flexibility index (Phi) is 5.31. The van der Waals surface area contributed by atoms with E-state index < -0.39 is 15.7 Å². The van der Waals surface area contributed by atoms with Gasteiger partial charge in [0, 0.05) is 31.2 Å². The highest BCUT2D eigenvalue weighted by Crippen LogP contribution is 2.20.